The van der Waals surface area contributed by atoms with Gasteiger partial charge in [0.15, 0.2) is 0 Å². The maximum atomic E-state index is 6.36. The van der Waals surface area contributed by atoms with Gasteiger partial charge in [0.1, 0.15) is 0 Å². The summed E-state index contributed by atoms with van der Waals surface area (Å²) in [6.45, 7) is 2.40. The molecule has 2 heterocycles. The highest BCUT2D eigenvalue weighted by Crippen LogP contribution is 2.27. The molecule has 1 saturated heterocycles. The van der Waals surface area contributed by atoms with Gasteiger partial charge in [0.05, 0.1) is 30.3 Å². The highest BCUT2D eigenvalue weighted by atomic mass is 16.5. The van der Waals surface area contributed by atoms with Gasteiger partial charge in [-0.2, -0.15) is 0 Å². The van der Waals surface area contributed by atoms with Crippen molar-refractivity contribution in [1.82, 2.24) is 20.3 Å². The molecular weight excluding hydrogens is 360 g/mol. The smallest absolute Gasteiger partial charge is 0.0889 e. The fourth-order valence-corrected chi connectivity index (χ4v) is 4.03. The van der Waals surface area contributed by atoms with Crippen LogP contribution in [0.3, 0.4) is 0 Å². The molecule has 29 heavy (non-hydrogen) atoms. The quantitative estimate of drug-likeness (QED) is 0.563. The number of nitrogens with zero attached hydrogens (tertiary/aromatic N) is 3. The van der Waals surface area contributed by atoms with Crippen LogP contribution in [0.1, 0.15) is 23.6 Å². The zero-order chi connectivity index (χ0) is 19.5. The summed E-state index contributed by atoms with van der Waals surface area (Å²) < 4.78 is 8.21. The maximum absolute atomic E-state index is 6.36. The lowest BCUT2D eigenvalue weighted by Crippen LogP contribution is -2.41. The van der Waals surface area contributed by atoms with E-state index in [9.17, 15) is 0 Å². The first-order valence-electron chi connectivity index (χ1n) is 10.1. The molecule has 0 unspecified atom stereocenters. The fourth-order valence-electron chi connectivity index (χ4n) is 4.03. The van der Waals surface area contributed by atoms with Gasteiger partial charge in [0.2, 0.25) is 0 Å². The molecule has 0 saturated carbocycles. The summed E-state index contributed by atoms with van der Waals surface area (Å²) in [5.74, 6) is 0.245. The molecule has 146 valence electrons. The Morgan fingerprint density at radius 2 is 1.79 bits per heavy atom. The number of para-hydroxylation sites is 1. The molecular formula is C24H24N4O. The zero-order valence-corrected chi connectivity index (χ0v) is 16.2. The lowest BCUT2D eigenvalue weighted by atomic mass is 9.92. The minimum atomic E-state index is 0.0798. The Balaban J connectivity index is 1.31. The van der Waals surface area contributed by atoms with Crippen molar-refractivity contribution in [3.05, 3.63) is 90.3 Å². The summed E-state index contributed by atoms with van der Waals surface area (Å²) >= 11 is 0. The van der Waals surface area contributed by atoms with Gasteiger partial charge in [-0.25, -0.2) is 4.68 Å². The molecule has 1 aromatic heterocycles. The Hall–Kier alpha value is -3.02. The number of fused-ring (bicyclic) bond motifs is 1. The highest BCUT2D eigenvalue weighted by Gasteiger charge is 2.29. The van der Waals surface area contributed by atoms with Gasteiger partial charge in [0.25, 0.3) is 0 Å². The molecule has 5 rings (SSSR count). The van der Waals surface area contributed by atoms with Gasteiger partial charge >= 0.3 is 0 Å². The highest BCUT2D eigenvalue weighted by molar-refractivity contribution is 5.82. The van der Waals surface area contributed by atoms with Crippen molar-refractivity contribution in [1.29, 1.82) is 0 Å². The Bertz CT molecular complexity index is 1090. The Morgan fingerprint density at radius 1 is 0.966 bits per heavy atom. The van der Waals surface area contributed by atoms with E-state index < -0.39 is 0 Å². The number of ether oxygens (including phenoxy) is 1. The Morgan fingerprint density at radius 3 is 2.69 bits per heavy atom. The van der Waals surface area contributed by atoms with Gasteiger partial charge in [-0.1, -0.05) is 59.8 Å². The summed E-state index contributed by atoms with van der Waals surface area (Å²) in [6, 6.07) is 25.1. The summed E-state index contributed by atoms with van der Waals surface area (Å²) in [6.07, 6.45) is 3.12. The van der Waals surface area contributed by atoms with Crippen LogP contribution in [-0.2, 0) is 11.3 Å². The van der Waals surface area contributed by atoms with Crippen molar-refractivity contribution < 1.29 is 4.74 Å². The standard InChI is InChI=1S/C24H24N4O/c1-2-8-21(9-3-1)28-16-23(26-27-28)22-12-13-25-15-24(22)29-17-18-10-11-19-6-4-5-7-20(19)14-18/h1-11,14,16,22,24-25H,12-13,15,17H2/t22-,24+/m0/s1. The van der Waals surface area contributed by atoms with Crippen LogP contribution in [0.15, 0.2) is 79.0 Å². The molecule has 0 aliphatic carbocycles. The van der Waals surface area contributed by atoms with E-state index in [-0.39, 0.29) is 12.0 Å². The molecule has 2 atom stereocenters. The van der Waals surface area contributed by atoms with Crippen molar-refractivity contribution in [2.45, 2.75) is 25.0 Å². The third kappa shape index (κ3) is 3.92. The van der Waals surface area contributed by atoms with Crippen molar-refractivity contribution >= 4 is 10.8 Å². The van der Waals surface area contributed by atoms with E-state index in [2.05, 4.69) is 58.1 Å². The van der Waals surface area contributed by atoms with Gasteiger partial charge in [-0.15, -0.1) is 5.10 Å². The third-order valence-corrected chi connectivity index (χ3v) is 5.62. The first-order chi connectivity index (χ1) is 14.4. The zero-order valence-electron chi connectivity index (χ0n) is 16.2. The van der Waals surface area contributed by atoms with E-state index in [1.807, 2.05) is 41.2 Å². The van der Waals surface area contributed by atoms with Crippen LogP contribution in [0, 0.1) is 0 Å². The third-order valence-electron chi connectivity index (χ3n) is 5.62. The average Bonchev–Trinajstić information content (AvgIpc) is 3.28. The van der Waals surface area contributed by atoms with Crippen LogP contribution in [0.4, 0.5) is 0 Å². The lowest BCUT2D eigenvalue weighted by Gasteiger charge is -2.30. The number of rotatable bonds is 5. The van der Waals surface area contributed by atoms with E-state index in [1.54, 1.807) is 0 Å². The van der Waals surface area contributed by atoms with Crippen LogP contribution in [-0.4, -0.2) is 34.2 Å². The van der Waals surface area contributed by atoms with Crippen molar-refractivity contribution in [3.8, 4) is 5.69 Å². The lowest BCUT2D eigenvalue weighted by molar-refractivity contribution is 0.00970. The van der Waals surface area contributed by atoms with Crippen LogP contribution in [0.2, 0.25) is 0 Å². The monoisotopic (exact) mass is 384 g/mol. The number of nitrogens with one attached hydrogen (secondary N) is 1. The van der Waals surface area contributed by atoms with Gasteiger partial charge in [-0.3, -0.25) is 0 Å². The SMILES string of the molecule is c1ccc(-n2cc([C@@H]3CCNC[C@H]3OCc3ccc4ccccc4c3)nn2)cc1. The van der Waals surface area contributed by atoms with E-state index in [4.69, 9.17) is 4.74 Å². The second kappa shape index (κ2) is 8.15. The number of aromatic nitrogens is 3. The topological polar surface area (TPSA) is 52.0 Å². The van der Waals surface area contributed by atoms with E-state index in [0.717, 1.165) is 30.9 Å². The van der Waals surface area contributed by atoms with Crippen LogP contribution >= 0.6 is 0 Å². The molecule has 0 radical (unpaired) electrons. The van der Waals surface area contributed by atoms with Crippen molar-refractivity contribution in [2.75, 3.05) is 13.1 Å². The molecule has 1 N–H and O–H groups in total. The van der Waals surface area contributed by atoms with Crippen LogP contribution in [0.5, 0.6) is 0 Å². The number of benzene rings is 3. The van der Waals surface area contributed by atoms with E-state index in [1.165, 1.54) is 16.3 Å². The van der Waals surface area contributed by atoms with Crippen LogP contribution < -0.4 is 5.32 Å². The first-order valence-corrected chi connectivity index (χ1v) is 10.1. The molecule has 5 heteroatoms. The minimum Gasteiger partial charge on any atom is -0.372 e. The largest absolute Gasteiger partial charge is 0.372 e. The molecule has 1 aliphatic rings. The molecule has 3 aromatic carbocycles. The second-order valence-corrected chi connectivity index (χ2v) is 7.55. The summed E-state index contributed by atoms with van der Waals surface area (Å²) in [7, 11) is 0. The van der Waals surface area contributed by atoms with Crippen molar-refractivity contribution in [2.24, 2.45) is 0 Å². The number of hydrogen-bond donors (Lipinski definition) is 1. The van der Waals surface area contributed by atoms with Crippen LogP contribution in [0.25, 0.3) is 16.5 Å². The summed E-state index contributed by atoms with van der Waals surface area (Å²) in [4.78, 5) is 0. The normalized spacial score (nSPS) is 19.4. The number of piperidine rings is 1. The molecule has 4 aromatic rings. The molecule has 1 fully saturated rings. The number of hydrogen-bond acceptors (Lipinski definition) is 4. The molecule has 0 spiro atoms. The first kappa shape index (κ1) is 18.0. The van der Waals surface area contributed by atoms with Gasteiger partial charge < -0.3 is 10.1 Å². The molecule has 0 amide bonds. The predicted molar refractivity (Wildman–Crippen MR) is 114 cm³/mol. The average molecular weight is 384 g/mol. The Kier molecular flexibility index (Phi) is 5.07. The van der Waals surface area contributed by atoms with E-state index in [0.29, 0.717) is 6.61 Å². The molecule has 0 bridgehead atoms. The second-order valence-electron chi connectivity index (χ2n) is 7.55. The van der Waals surface area contributed by atoms with Gasteiger partial charge in [-0.05, 0) is 47.5 Å². The van der Waals surface area contributed by atoms with Gasteiger partial charge in [0, 0.05) is 12.5 Å². The molecule has 5 nitrogen and oxygen atoms in total. The fraction of sp³-hybridized carbons (Fsp3) is 0.250. The molecule has 1 aliphatic heterocycles. The summed E-state index contributed by atoms with van der Waals surface area (Å²) in [5, 5.41) is 14.8. The Labute approximate surface area is 170 Å². The van der Waals surface area contributed by atoms with Crippen molar-refractivity contribution in [3.63, 3.8) is 0 Å². The van der Waals surface area contributed by atoms with E-state index >= 15 is 0 Å². The predicted octanol–water partition coefficient (Wildman–Crippen LogP) is 4.08. The maximum Gasteiger partial charge on any atom is 0.0889 e. The minimum absolute atomic E-state index is 0.0798. The summed E-state index contributed by atoms with van der Waals surface area (Å²) in [5.41, 5.74) is 3.22.